The SMILES string of the molecule is C=CCCCCCCCCC=O.CCCC(C)CC(O)C(C)=C(C)CC.c1ccncc1. The van der Waals surface area contributed by atoms with Crippen LogP contribution in [0, 0.1) is 5.92 Å². The molecule has 0 aliphatic rings. The lowest BCUT2D eigenvalue weighted by Gasteiger charge is -2.18. The number of allylic oxidation sites excluding steroid dienone is 2. The molecule has 1 aromatic rings. The number of hydrogen-bond acceptors (Lipinski definition) is 3. The van der Waals surface area contributed by atoms with Crippen molar-refractivity contribution in [1.29, 1.82) is 0 Å². The number of nitrogens with zero attached hydrogens (tertiary/aromatic N) is 1. The van der Waals surface area contributed by atoms with Crippen LogP contribution in [0.5, 0.6) is 0 Å². The molecule has 32 heavy (non-hydrogen) atoms. The molecular weight excluding hydrogens is 394 g/mol. The van der Waals surface area contributed by atoms with Gasteiger partial charge >= 0.3 is 0 Å². The van der Waals surface area contributed by atoms with E-state index in [0.717, 1.165) is 38.4 Å². The van der Waals surface area contributed by atoms with E-state index in [9.17, 15) is 9.90 Å². The maximum absolute atomic E-state index is 9.97. The number of aromatic nitrogens is 1. The highest BCUT2D eigenvalue weighted by Crippen LogP contribution is 2.20. The fourth-order valence-electron chi connectivity index (χ4n) is 3.27. The minimum atomic E-state index is -0.225. The van der Waals surface area contributed by atoms with Crippen LogP contribution in [0.2, 0.25) is 0 Å². The number of hydrogen-bond donors (Lipinski definition) is 1. The van der Waals surface area contributed by atoms with Crippen LogP contribution in [0.1, 0.15) is 112 Å². The Hall–Kier alpha value is -1.74. The molecule has 1 aromatic heterocycles. The van der Waals surface area contributed by atoms with Gasteiger partial charge in [0.1, 0.15) is 6.29 Å². The first-order chi connectivity index (χ1) is 15.4. The minimum absolute atomic E-state index is 0.225. The molecule has 0 bridgehead atoms. The zero-order valence-corrected chi connectivity index (χ0v) is 21.7. The van der Waals surface area contributed by atoms with Crippen LogP contribution in [-0.2, 0) is 4.79 Å². The Labute approximate surface area is 199 Å². The van der Waals surface area contributed by atoms with Crippen LogP contribution in [0.25, 0.3) is 0 Å². The van der Waals surface area contributed by atoms with Gasteiger partial charge in [0.05, 0.1) is 6.10 Å². The molecule has 3 nitrogen and oxygen atoms in total. The standard InChI is InChI=1S/C13H26O.C11H20O.C5H5N/c1-6-8-10(3)9-13(14)12(5)11(4)7-2;1-2-3-4-5-6-7-8-9-10-11-12;1-2-4-6-5-3-1/h10,13-14H,6-9H2,1-5H3;2,11H,1,3-10H2;1-5H. The number of aliphatic hydroxyl groups excluding tert-OH is 1. The summed E-state index contributed by atoms with van der Waals surface area (Å²) >= 11 is 0. The second kappa shape index (κ2) is 25.5. The first kappa shape index (κ1) is 32.4. The lowest BCUT2D eigenvalue weighted by atomic mass is 9.93. The molecule has 0 radical (unpaired) electrons. The molecule has 0 aliphatic carbocycles. The predicted molar refractivity (Wildman–Crippen MR) is 141 cm³/mol. The van der Waals surface area contributed by atoms with E-state index in [1.165, 1.54) is 56.1 Å². The number of rotatable bonds is 15. The zero-order chi connectivity index (χ0) is 24.5. The Balaban J connectivity index is 0. The Kier molecular flexibility index (Phi) is 25.9. The Morgan fingerprint density at radius 3 is 1.94 bits per heavy atom. The van der Waals surface area contributed by atoms with Gasteiger partial charge in [0.15, 0.2) is 0 Å². The number of carbonyl (C=O) groups is 1. The fourth-order valence-corrected chi connectivity index (χ4v) is 3.27. The molecular formula is C29H51NO2. The molecule has 2 atom stereocenters. The van der Waals surface area contributed by atoms with E-state index >= 15 is 0 Å². The van der Waals surface area contributed by atoms with Gasteiger partial charge in [-0.25, -0.2) is 0 Å². The predicted octanol–water partition coefficient (Wildman–Crippen LogP) is 8.49. The average Bonchev–Trinajstić information content (AvgIpc) is 2.82. The molecule has 0 saturated heterocycles. The molecule has 0 saturated carbocycles. The summed E-state index contributed by atoms with van der Waals surface area (Å²) in [6.07, 6.45) is 20.0. The summed E-state index contributed by atoms with van der Waals surface area (Å²) in [6.45, 7) is 14.4. The molecule has 0 aliphatic heterocycles. The van der Waals surface area contributed by atoms with Crippen molar-refractivity contribution in [3.05, 3.63) is 54.4 Å². The zero-order valence-electron chi connectivity index (χ0n) is 21.7. The third kappa shape index (κ3) is 22.9. The monoisotopic (exact) mass is 445 g/mol. The van der Waals surface area contributed by atoms with Gasteiger partial charge in [0.2, 0.25) is 0 Å². The molecule has 2 unspecified atom stereocenters. The van der Waals surface area contributed by atoms with Crippen molar-refractivity contribution in [1.82, 2.24) is 4.98 Å². The Morgan fingerprint density at radius 1 is 0.969 bits per heavy atom. The Bertz CT molecular complexity index is 513. The van der Waals surface area contributed by atoms with Crippen LogP contribution in [0.3, 0.4) is 0 Å². The van der Waals surface area contributed by atoms with Crippen LogP contribution >= 0.6 is 0 Å². The summed E-state index contributed by atoms with van der Waals surface area (Å²) in [5.74, 6) is 0.634. The topological polar surface area (TPSA) is 50.2 Å². The maximum Gasteiger partial charge on any atom is 0.119 e. The third-order valence-corrected chi connectivity index (χ3v) is 5.66. The first-order valence-corrected chi connectivity index (χ1v) is 12.7. The molecule has 0 amide bonds. The van der Waals surface area contributed by atoms with Crippen molar-refractivity contribution in [2.45, 2.75) is 118 Å². The molecule has 1 rings (SSSR count). The highest BCUT2D eigenvalue weighted by atomic mass is 16.3. The van der Waals surface area contributed by atoms with Crippen molar-refractivity contribution >= 4 is 6.29 Å². The summed E-state index contributed by atoms with van der Waals surface area (Å²) in [6, 6.07) is 5.72. The van der Waals surface area contributed by atoms with Crippen molar-refractivity contribution in [3.63, 3.8) is 0 Å². The number of aliphatic hydroxyl groups is 1. The summed E-state index contributed by atoms with van der Waals surface area (Å²) in [5, 5.41) is 9.96. The van der Waals surface area contributed by atoms with Gasteiger partial charge in [-0.2, -0.15) is 0 Å². The van der Waals surface area contributed by atoms with Crippen LogP contribution in [0.4, 0.5) is 0 Å². The summed E-state index contributed by atoms with van der Waals surface area (Å²) in [5.41, 5.74) is 2.51. The van der Waals surface area contributed by atoms with Crippen molar-refractivity contribution < 1.29 is 9.90 Å². The number of pyridine rings is 1. The second-order valence-corrected chi connectivity index (χ2v) is 8.64. The average molecular weight is 446 g/mol. The normalized spacial score (nSPS) is 12.8. The molecule has 0 fully saturated rings. The van der Waals surface area contributed by atoms with Gasteiger partial charge in [-0.05, 0) is 69.6 Å². The van der Waals surface area contributed by atoms with Gasteiger partial charge in [-0.1, -0.05) is 77.0 Å². The van der Waals surface area contributed by atoms with Crippen molar-refractivity contribution in [2.24, 2.45) is 5.92 Å². The molecule has 184 valence electrons. The van der Waals surface area contributed by atoms with E-state index in [2.05, 4.69) is 46.2 Å². The lowest BCUT2D eigenvalue weighted by molar-refractivity contribution is -0.107. The highest BCUT2D eigenvalue weighted by Gasteiger charge is 2.12. The molecule has 3 heteroatoms. The molecule has 1 N–H and O–H groups in total. The molecule has 1 heterocycles. The van der Waals surface area contributed by atoms with E-state index in [1.54, 1.807) is 12.4 Å². The molecule has 0 spiro atoms. The maximum atomic E-state index is 9.97. The van der Waals surface area contributed by atoms with Crippen LogP contribution in [-0.4, -0.2) is 22.5 Å². The van der Waals surface area contributed by atoms with E-state index in [1.807, 2.05) is 24.3 Å². The van der Waals surface area contributed by atoms with Gasteiger partial charge in [0.25, 0.3) is 0 Å². The number of carbonyl (C=O) groups excluding carboxylic acids is 1. The van der Waals surface area contributed by atoms with Gasteiger partial charge in [-0.15, -0.1) is 6.58 Å². The largest absolute Gasteiger partial charge is 0.389 e. The van der Waals surface area contributed by atoms with Crippen LogP contribution in [0.15, 0.2) is 54.4 Å². The second-order valence-electron chi connectivity index (χ2n) is 8.64. The highest BCUT2D eigenvalue weighted by molar-refractivity contribution is 5.48. The number of unbranched alkanes of at least 4 members (excludes halogenated alkanes) is 7. The van der Waals surface area contributed by atoms with E-state index < -0.39 is 0 Å². The van der Waals surface area contributed by atoms with Gasteiger partial charge in [0, 0.05) is 18.8 Å². The lowest BCUT2D eigenvalue weighted by Crippen LogP contribution is -2.14. The third-order valence-electron chi connectivity index (χ3n) is 5.66. The summed E-state index contributed by atoms with van der Waals surface area (Å²) < 4.78 is 0. The quantitative estimate of drug-likeness (QED) is 0.167. The fraction of sp³-hybridized carbons (Fsp3) is 0.655. The smallest absolute Gasteiger partial charge is 0.119 e. The van der Waals surface area contributed by atoms with Gasteiger partial charge in [-0.3, -0.25) is 4.98 Å². The van der Waals surface area contributed by atoms with E-state index in [4.69, 9.17) is 0 Å². The van der Waals surface area contributed by atoms with Crippen molar-refractivity contribution in [3.8, 4) is 0 Å². The van der Waals surface area contributed by atoms with Gasteiger partial charge < -0.3 is 9.90 Å². The summed E-state index contributed by atoms with van der Waals surface area (Å²) in [4.78, 5) is 13.8. The Morgan fingerprint density at radius 2 is 1.53 bits per heavy atom. The van der Waals surface area contributed by atoms with Crippen molar-refractivity contribution in [2.75, 3.05) is 0 Å². The van der Waals surface area contributed by atoms with E-state index in [-0.39, 0.29) is 6.10 Å². The minimum Gasteiger partial charge on any atom is -0.389 e. The first-order valence-electron chi connectivity index (χ1n) is 12.7. The summed E-state index contributed by atoms with van der Waals surface area (Å²) in [7, 11) is 0. The van der Waals surface area contributed by atoms with Crippen LogP contribution < -0.4 is 0 Å². The molecule has 0 aromatic carbocycles. The number of aldehydes is 1. The van der Waals surface area contributed by atoms with E-state index in [0.29, 0.717) is 5.92 Å².